The molecular weight excluding hydrogens is 442 g/mol. The van der Waals surface area contributed by atoms with Gasteiger partial charge in [0.2, 0.25) is 5.13 Å². The predicted octanol–water partition coefficient (Wildman–Crippen LogP) is 5.13. The lowest BCUT2D eigenvalue weighted by Crippen LogP contribution is -2.03. The number of hydrogen-bond donors (Lipinski definition) is 1. The first-order chi connectivity index (χ1) is 13.6. The van der Waals surface area contributed by atoms with Crippen LogP contribution in [-0.4, -0.2) is 18.3 Å². The molecule has 0 aliphatic rings. The lowest BCUT2D eigenvalue weighted by Gasteiger charge is -2.02. The van der Waals surface area contributed by atoms with Crippen LogP contribution in [0.15, 0.2) is 72.7 Å². The molecule has 0 atom stereocenters. The number of fused-ring (bicyclic) bond motifs is 1. The van der Waals surface area contributed by atoms with Crippen molar-refractivity contribution in [3.63, 3.8) is 0 Å². The van der Waals surface area contributed by atoms with Gasteiger partial charge in [-0.25, -0.2) is 9.78 Å². The minimum Gasteiger partial charge on any atom is -0.496 e. The van der Waals surface area contributed by atoms with Crippen molar-refractivity contribution in [2.24, 2.45) is 5.10 Å². The predicted molar refractivity (Wildman–Crippen MR) is 116 cm³/mol. The first-order valence-electron chi connectivity index (χ1n) is 8.25. The van der Waals surface area contributed by atoms with Gasteiger partial charge in [-0.15, -0.1) is 11.3 Å². The van der Waals surface area contributed by atoms with Crippen molar-refractivity contribution in [2.45, 2.75) is 0 Å². The molecular formula is C20H14BrN3O3S. The molecule has 0 unspecified atom stereocenters. The monoisotopic (exact) mass is 455 g/mol. The van der Waals surface area contributed by atoms with Crippen molar-refractivity contribution in [3.05, 3.63) is 74.4 Å². The van der Waals surface area contributed by atoms with E-state index in [-0.39, 0.29) is 0 Å². The molecule has 0 spiro atoms. The Morgan fingerprint density at radius 2 is 2.11 bits per heavy atom. The molecule has 8 heteroatoms. The lowest BCUT2D eigenvalue weighted by atomic mass is 10.1. The summed E-state index contributed by atoms with van der Waals surface area (Å²) in [6, 6.07) is 14.8. The van der Waals surface area contributed by atoms with Gasteiger partial charge in [-0.3, -0.25) is 5.43 Å². The summed E-state index contributed by atoms with van der Waals surface area (Å²) in [5.41, 5.74) is 4.78. The average Bonchev–Trinajstić information content (AvgIpc) is 3.17. The molecule has 140 valence electrons. The minimum absolute atomic E-state index is 0.406. The van der Waals surface area contributed by atoms with Crippen LogP contribution in [0, 0.1) is 0 Å². The van der Waals surface area contributed by atoms with E-state index < -0.39 is 5.63 Å². The third-order valence-electron chi connectivity index (χ3n) is 3.98. The molecule has 0 radical (unpaired) electrons. The van der Waals surface area contributed by atoms with Crippen LogP contribution in [0.3, 0.4) is 0 Å². The second-order valence-electron chi connectivity index (χ2n) is 5.78. The fourth-order valence-corrected chi connectivity index (χ4v) is 3.69. The Morgan fingerprint density at radius 3 is 2.96 bits per heavy atom. The molecule has 1 N–H and O–H groups in total. The molecule has 2 aromatic heterocycles. The van der Waals surface area contributed by atoms with Gasteiger partial charge in [0.1, 0.15) is 11.3 Å². The number of nitrogens with zero attached hydrogens (tertiary/aromatic N) is 2. The standard InChI is InChI=1S/C20H14BrN3O3S/c1-26-17-5-3-2-4-12(17)10-22-24-20-23-16(11-28-20)15-9-13-8-14(21)6-7-18(13)27-19(15)25/h2-11H,1H3,(H,23,24)/b22-10+. The van der Waals surface area contributed by atoms with E-state index in [1.807, 2.05) is 36.4 Å². The second kappa shape index (κ2) is 7.95. The van der Waals surface area contributed by atoms with Crippen LogP contribution in [0.4, 0.5) is 5.13 Å². The van der Waals surface area contributed by atoms with Crippen LogP contribution in [0.2, 0.25) is 0 Å². The largest absolute Gasteiger partial charge is 0.496 e. The first-order valence-corrected chi connectivity index (χ1v) is 9.93. The molecule has 0 bridgehead atoms. The highest BCUT2D eigenvalue weighted by Crippen LogP contribution is 2.26. The normalized spacial score (nSPS) is 11.2. The number of para-hydroxylation sites is 1. The zero-order valence-corrected chi connectivity index (χ0v) is 17.1. The van der Waals surface area contributed by atoms with Gasteiger partial charge in [-0.1, -0.05) is 28.1 Å². The number of thiazole rings is 1. The summed E-state index contributed by atoms with van der Waals surface area (Å²) in [7, 11) is 1.61. The van der Waals surface area contributed by atoms with E-state index in [1.54, 1.807) is 30.8 Å². The van der Waals surface area contributed by atoms with Crippen LogP contribution in [-0.2, 0) is 0 Å². The number of anilines is 1. The summed E-state index contributed by atoms with van der Waals surface area (Å²) in [5.74, 6) is 0.729. The molecule has 4 rings (SSSR count). The number of rotatable bonds is 5. The van der Waals surface area contributed by atoms with Crippen molar-refractivity contribution in [2.75, 3.05) is 12.5 Å². The van der Waals surface area contributed by atoms with Gasteiger partial charge >= 0.3 is 5.63 Å². The van der Waals surface area contributed by atoms with Gasteiger partial charge in [0, 0.05) is 20.8 Å². The third-order valence-corrected chi connectivity index (χ3v) is 5.22. The Morgan fingerprint density at radius 1 is 1.25 bits per heavy atom. The van der Waals surface area contributed by atoms with Crippen LogP contribution in [0.25, 0.3) is 22.2 Å². The fraction of sp³-hybridized carbons (Fsp3) is 0.0500. The van der Waals surface area contributed by atoms with Gasteiger partial charge in [0.15, 0.2) is 0 Å². The molecule has 0 fully saturated rings. The maximum atomic E-state index is 12.3. The van der Waals surface area contributed by atoms with E-state index in [0.29, 0.717) is 22.0 Å². The van der Waals surface area contributed by atoms with Crippen molar-refractivity contribution in [1.82, 2.24) is 4.98 Å². The van der Waals surface area contributed by atoms with Crippen molar-refractivity contribution >= 4 is 49.6 Å². The molecule has 0 saturated heterocycles. The Bertz CT molecular complexity index is 1230. The second-order valence-corrected chi connectivity index (χ2v) is 7.55. The quantitative estimate of drug-likeness (QED) is 0.256. The zero-order valence-electron chi connectivity index (χ0n) is 14.7. The number of nitrogens with one attached hydrogen (secondary N) is 1. The molecule has 2 aromatic carbocycles. The molecule has 4 aromatic rings. The number of benzene rings is 2. The number of hydrogen-bond acceptors (Lipinski definition) is 7. The highest BCUT2D eigenvalue weighted by molar-refractivity contribution is 9.10. The molecule has 2 heterocycles. The van der Waals surface area contributed by atoms with Gasteiger partial charge < -0.3 is 9.15 Å². The molecule has 0 amide bonds. The summed E-state index contributed by atoms with van der Waals surface area (Å²) in [6.45, 7) is 0. The lowest BCUT2D eigenvalue weighted by molar-refractivity contribution is 0.414. The van der Waals surface area contributed by atoms with Crippen LogP contribution in [0.5, 0.6) is 5.75 Å². The topological polar surface area (TPSA) is 76.7 Å². The zero-order chi connectivity index (χ0) is 19.5. The maximum absolute atomic E-state index is 12.3. The van der Waals surface area contributed by atoms with Gasteiger partial charge in [-0.2, -0.15) is 5.10 Å². The highest BCUT2D eigenvalue weighted by Gasteiger charge is 2.12. The maximum Gasteiger partial charge on any atom is 0.345 e. The molecule has 0 aliphatic carbocycles. The van der Waals surface area contributed by atoms with Crippen LogP contribution in [0.1, 0.15) is 5.56 Å². The van der Waals surface area contributed by atoms with Gasteiger partial charge in [0.05, 0.1) is 24.6 Å². The smallest absolute Gasteiger partial charge is 0.345 e. The summed E-state index contributed by atoms with van der Waals surface area (Å²) in [6.07, 6.45) is 1.65. The van der Waals surface area contributed by atoms with Crippen molar-refractivity contribution in [3.8, 4) is 17.0 Å². The van der Waals surface area contributed by atoms with Crippen LogP contribution < -0.4 is 15.8 Å². The number of hydrazone groups is 1. The molecule has 0 aliphatic heterocycles. The van der Waals surface area contributed by atoms with E-state index in [2.05, 4.69) is 31.4 Å². The van der Waals surface area contributed by atoms with E-state index in [0.717, 1.165) is 21.2 Å². The third kappa shape index (κ3) is 3.83. The summed E-state index contributed by atoms with van der Waals surface area (Å²) in [4.78, 5) is 16.8. The van der Waals surface area contributed by atoms with E-state index in [9.17, 15) is 4.79 Å². The van der Waals surface area contributed by atoms with Crippen LogP contribution >= 0.6 is 27.3 Å². The molecule has 0 saturated carbocycles. The van der Waals surface area contributed by atoms with Crippen molar-refractivity contribution < 1.29 is 9.15 Å². The van der Waals surface area contributed by atoms with E-state index in [4.69, 9.17) is 9.15 Å². The Hall–Kier alpha value is -2.97. The van der Waals surface area contributed by atoms with Crippen molar-refractivity contribution in [1.29, 1.82) is 0 Å². The average molecular weight is 456 g/mol. The van der Waals surface area contributed by atoms with Gasteiger partial charge in [0.25, 0.3) is 0 Å². The number of halogens is 1. The Kier molecular flexibility index (Phi) is 5.23. The SMILES string of the molecule is COc1ccccc1/C=N/Nc1nc(-c2cc3cc(Br)ccc3oc2=O)cs1. The number of aromatic nitrogens is 1. The fourth-order valence-electron chi connectivity index (χ4n) is 2.65. The first kappa shape index (κ1) is 18.4. The number of ether oxygens (including phenoxy) is 1. The Labute approximate surface area is 172 Å². The molecule has 6 nitrogen and oxygen atoms in total. The van der Waals surface area contributed by atoms with E-state index >= 15 is 0 Å². The highest BCUT2D eigenvalue weighted by atomic mass is 79.9. The Balaban J connectivity index is 1.58. The number of methoxy groups -OCH3 is 1. The summed E-state index contributed by atoms with van der Waals surface area (Å²) < 4.78 is 11.6. The summed E-state index contributed by atoms with van der Waals surface area (Å²) >= 11 is 4.78. The summed E-state index contributed by atoms with van der Waals surface area (Å²) in [5, 5.41) is 7.37. The van der Waals surface area contributed by atoms with E-state index in [1.165, 1.54) is 11.3 Å². The minimum atomic E-state index is -0.427. The van der Waals surface area contributed by atoms with Gasteiger partial charge in [-0.05, 0) is 36.4 Å². The molecule has 28 heavy (non-hydrogen) atoms.